The maximum atomic E-state index is 12.2. The first kappa shape index (κ1) is 12.4. The van der Waals surface area contributed by atoms with Crippen LogP contribution in [0.15, 0.2) is 29.0 Å². The highest BCUT2D eigenvalue weighted by Crippen LogP contribution is 2.48. The van der Waals surface area contributed by atoms with E-state index in [1.165, 1.54) is 0 Å². The Bertz CT molecular complexity index is 523. The highest BCUT2D eigenvalue weighted by Gasteiger charge is 2.51. The van der Waals surface area contributed by atoms with E-state index in [4.69, 9.17) is 0 Å². The van der Waals surface area contributed by atoms with Gasteiger partial charge in [0, 0.05) is 6.54 Å². The Morgan fingerprint density at radius 1 is 1.32 bits per heavy atom. The molecule has 4 atom stereocenters. The van der Waals surface area contributed by atoms with Gasteiger partial charge in [0.05, 0.1) is 11.8 Å². The van der Waals surface area contributed by atoms with Crippen molar-refractivity contribution in [2.24, 2.45) is 23.7 Å². The van der Waals surface area contributed by atoms with Crippen molar-refractivity contribution in [2.75, 3.05) is 0 Å². The second kappa shape index (κ2) is 4.81. The largest absolute Gasteiger partial charge is 0.481 e. The van der Waals surface area contributed by atoms with Crippen LogP contribution in [0.5, 0.6) is 0 Å². The van der Waals surface area contributed by atoms with Crippen LogP contribution in [0.2, 0.25) is 0 Å². The number of carboxylic acids is 1. The van der Waals surface area contributed by atoms with Crippen LogP contribution in [0.25, 0.3) is 0 Å². The molecule has 1 fully saturated rings. The number of aliphatic carboxylic acids is 1. The molecule has 1 aromatic rings. The molecule has 100 valence electrons. The average Bonchev–Trinajstić information content (AvgIpc) is 3.10. The van der Waals surface area contributed by atoms with E-state index in [1.807, 2.05) is 29.0 Å². The van der Waals surface area contributed by atoms with Gasteiger partial charge in [0.25, 0.3) is 0 Å². The molecule has 2 aliphatic carbocycles. The van der Waals surface area contributed by atoms with Crippen molar-refractivity contribution >= 4 is 23.2 Å². The molecule has 5 heteroatoms. The minimum Gasteiger partial charge on any atom is -0.481 e. The fourth-order valence-electron chi connectivity index (χ4n) is 3.22. The van der Waals surface area contributed by atoms with E-state index in [0.717, 1.165) is 12.0 Å². The van der Waals surface area contributed by atoms with Gasteiger partial charge < -0.3 is 10.4 Å². The van der Waals surface area contributed by atoms with Crippen LogP contribution in [0.1, 0.15) is 12.0 Å². The minimum atomic E-state index is -0.854. The predicted octanol–water partition coefficient (Wildman–Crippen LogP) is 1.89. The summed E-state index contributed by atoms with van der Waals surface area (Å²) in [6.07, 6.45) is 4.75. The number of carbonyl (C=O) groups is 2. The third kappa shape index (κ3) is 2.18. The smallest absolute Gasteiger partial charge is 0.307 e. The maximum Gasteiger partial charge on any atom is 0.307 e. The van der Waals surface area contributed by atoms with Gasteiger partial charge in [0.1, 0.15) is 0 Å². The molecule has 2 N–H and O–H groups in total. The van der Waals surface area contributed by atoms with Gasteiger partial charge in [0.15, 0.2) is 0 Å². The summed E-state index contributed by atoms with van der Waals surface area (Å²) in [6, 6.07) is 1.96. The molecule has 2 unspecified atom stereocenters. The van der Waals surface area contributed by atoms with Gasteiger partial charge in [-0.1, -0.05) is 12.2 Å². The molecular formula is C14H15NO3S. The molecule has 4 nitrogen and oxygen atoms in total. The Morgan fingerprint density at radius 2 is 2.05 bits per heavy atom. The second-order valence-electron chi connectivity index (χ2n) is 5.19. The van der Waals surface area contributed by atoms with Gasteiger partial charge in [-0.2, -0.15) is 11.3 Å². The third-order valence-electron chi connectivity index (χ3n) is 4.09. The Morgan fingerprint density at radius 3 is 2.68 bits per heavy atom. The SMILES string of the molecule is O=C(O)[C@@H]1C2C=CC(C2)[C@@H]1C(=O)NCc1ccsc1. The molecule has 1 amide bonds. The van der Waals surface area contributed by atoms with Crippen LogP contribution in [-0.4, -0.2) is 17.0 Å². The van der Waals surface area contributed by atoms with E-state index in [1.54, 1.807) is 11.3 Å². The molecule has 0 aromatic carbocycles. The number of hydrogen-bond donors (Lipinski definition) is 2. The Kier molecular flexibility index (Phi) is 3.14. The normalized spacial score (nSPS) is 31.6. The van der Waals surface area contributed by atoms with E-state index in [-0.39, 0.29) is 17.7 Å². The van der Waals surface area contributed by atoms with Crippen LogP contribution >= 0.6 is 11.3 Å². The summed E-state index contributed by atoms with van der Waals surface area (Å²) in [5.41, 5.74) is 1.06. The number of nitrogens with one attached hydrogen (secondary N) is 1. The number of amides is 1. The molecule has 0 aliphatic heterocycles. The molecule has 3 rings (SSSR count). The lowest BCUT2D eigenvalue weighted by atomic mass is 9.82. The highest BCUT2D eigenvalue weighted by atomic mass is 32.1. The summed E-state index contributed by atoms with van der Waals surface area (Å²) in [6.45, 7) is 0.478. The number of allylic oxidation sites excluding steroid dienone is 2. The van der Waals surface area contributed by atoms with Crippen molar-refractivity contribution in [3.05, 3.63) is 34.5 Å². The number of fused-ring (bicyclic) bond motifs is 2. The zero-order valence-electron chi connectivity index (χ0n) is 10.3. The molecule has 1 aromatic heterocycles. The first-order valence-corrected chi connectivity index (χ1v) is 7.31. The first-order chi connectivity index (χ1) is 9.16. The van der Waals surface area contributed by atoms with E-state index >= 15 is 0 Å². The number of carboxylic acid groups (broad SMARTS) is 1. The topological polar surface area (TPSA) is 66.4 Å². The lowest BCUT2D eigenvalue weighted by Gasteiger charge is -2.23. The van der Waals surface area contributed by atoms with Gasteiger partial charge in [-0.05, 0) is 40.6 Å². The number of rotatable bonds is 4. The van der Waals surface area contributed by atoms with Gasteiger partial charge in [-0.15, -0.1) is 0 Å². The molecule has 2 bridgehead atoms. The molecule has 1 saturated carbocycles. The van der Waals surface area contributed by atoms with Crippen molar-refractivity contribution in [2.45, 2.75) is 13.0 Å². The third-order valence-corrected chi connectivity index (χ3v) is 4.83. The van der Waals surface area contributed by atoms with Crippen molar-refractivity contribution in [3.63, 3.8) is 0 Å². The molecule has 1 heterocycles. The molecule has 0 spiro atoms. The van der Waals surface area contributed by atoms with Crippen LogP contribution in [-0.2, 0) is 16.1 Å². The molecular weight excluding hydrogens is 262 g/mol. The van der Waals surface area contributed by atoms with Crippen molar-refractivity contribution in [3.8, 4) is 0 Å². The van der Waals surface area contributed by atoms with Crippen LogP contribution in [0.4, 0.5) is 0 Å². The molecule has 0 radical (unpaired) electrons. The minimum absolute atomic E-state index is 0.0272. The lowest BCUT2D eigenvalue weighted by Crippen LogP contribution is -2.39. The van der Waals surface area contributed by atoms with Crippen molar-refractivity contribution in [1.82, 2.24) is 5.32 Å². The van der Waals surface area contributed by atoms with E-state index < -0.39 is 17.8 Å². The van der Waals surface area contributed by atoms with E-state index in [2.05, 4.69) is 5.32 Å². The Labute approximate surface area is 115 Å². The number of thiophene rings is 1. The average molecular weight is 277 g/mol. The standard InChI is InChI=1S/C14H15NO3S/c16-13(15-6-8-3-4-19-7-8)11-9-1-2-10(5-9)12(11)14(17)18/h1-4,7,9-12H,5-6H2,(H,15,16)(H,17,18)/t9?,10?,11-,12+/m0/s1. The number of hydrogen-bond acceptors (Lipinski definition) is 3. The summed E-state index contributed by atoms with van der Waals surface area (Å²) >= 11 is 1.58. The number of carbonyl (C=O) groups excluding carboxylic acids is 1. The van der Waals surface area contributed by atoms with Crippen molar-refractivity contribution < 1.29 is 14.7 Å². The summed E-state index contributed by atoms with van der Waals surface area (Å²) in [4.78, 5) is 23.6. The summed E-state index contributed by atoms with van der Waals surface area (Å²) in [7, 11) is 0. The molecule has 0 saturated heterocycles. The zero-order chi connectivity index (χ0) is 13.4. The monoisotopic (exact) mass is 277 g/mol. The predicted molar refractivity (Wildman–Crippen MR) is 71.5 cm³/mol. The molecule has 2 aliphatic rings. The Hall–Kier alpha value is -1.62. The van der Waals surface area contributed by atoms with E-state index in [0.29, 0.717) is 6.54 Å². The highest BCUT2D eigenvalue weighted by molar-refractivity contribution is 7.07. The van der Waals surface area contributed by atoms with Crippen LogP contribution < -0.4 is 5.32 Å². The van der Waals surface area contributed by atoms with Gasteiger partial charge in [0.2, 0.25) is 5.91 Å². The molecule has 19 heavy (non-hydrogen) atoms. The van der Waals surface area contributed by atoms with Gasteiger partial charge >= 0.3 is 5.97 Å². The maximum absolute atomic E-state index is 12.2. The van der Waals surface area contributed by atoms with E-state index in [9.17, 15) is 14.7 Å². The van der Waals surface area contributed by atoms with Crippen LogP contribution in [0.3, 0.4) is 0 Å². The fraction of sp³-hybridized carbons (Fsp3) is 0.429. The first-order valence-electron chi connectivity index (χ1n) is 6.36. The van der Waals surface area contributed by atoms with Crippen molar-refractivity contribution in [1.29, 1.82) is 0 Å². The van der Waals surface area contributed by atoms with Gasteiger partial charge in [-0.25, -0.2) is 0 Å². The second-order valence-corrected chi connectivity index (χ2v) is 5.97. The quantitative estimate of drug-likeness (QED) is 0.826. The summed E-state index contributed by atoms with van der Waals surface area (Å²) in [5, 5.41) is 16.1. The lowest BCUT2D eigenvalue weighted by molar-refractivity contribution is -0.147. The summed E-state index contributed by atoms with van der Waals surface area (Å²) < 4.78 is 0. The Balaban J connectivity index is 1.68. The zero-order valence-corrected chi connectivity index (χ0v) is 11.1. The van der Waals surface area contributed by atoms with Crippen LogP contribution in [0, 0.1) is 23.7 Å². The summed E-state index contributed by atoms with van der Waals surface area (Å²) in [5.74, 6) is -1.83. The van der Waals surface area contributed by atoms with Gasteiger partial charge in [-0.3, -0.25) is 9.59 Å². The fourth-order valence-corrected chi connectivity index (χ4v) is 3.89.